The first-order valence-corrected chi connectivity index (χ1v) is 9.48. The third-order valence-electron chi connectivity index (χ3n) is 3.66. The average Bonchev–Trinajstić information content (AvgIpc) is 2.61. The molecule has 2 aromatic carbocycles. The fourth-order valence-electron chi connectivity index (χ4n) is 2.41. The van der Waals surface area contributed by atoms with Gasteiger partial charge in [-0.3, -0.25) is 0 Å². The summed E-state index contributed by atoms with van der Waals surface area (Å²) in [7, 11) is -2.29. The summed E-state index contributed by atoms with van der Waals surface area (Å²) in [6, 6.07) is 12.9. The lowest BCUT2D eigenvalue weighted by atomic mass is 10.1. The maximum Gasteiger partial charge on any atom is 0.337 e. The molecule has 0 saturated carbocycles. The summed E-state index contributed by atoms with van der Waals surface area (Å²) < 4.78 is 32.4. The van der Waals surface area contributed by atoms with Crippen LogP contribution in [0.15, 0.2) is 53.4 Å². The topological polar surface area (TPSA) is 105 Å². The van der Waals surface area contributed by atoms with Gasteiger partial charge >= 0.3 is 5.97 Å². The van der Waals surface area contributed by atoms with E-state index in [1.165, 1.54) is 12.1 Å². The standard InChI is InChI=1S/C18H22N2O5S/c1-13(12-25-2)20-17-9-8-15(10-16(17)18(21)22)26(23,24)19-11-14-6-4-3-5-7-14/h3-10,13,19-20H,11-12H2,1-2H3,(H,21,22)/t13-/m1/s1. The van der Waals surface area contributed by atoms with E-state index in [1.54, 1.807) is 19.2 Å². The van der Waals surface area contributed by atoms with E-state index in [4.69, 9.17) is 4.74 Å². The number of hydrogen-bond acceptors (Lipinski definition) is 5. The molecule has 2 aromatic rings. The normalized spacial score (nSPS) is 12.5. The smallest absolute Gasteiger partial charge is 0.337 e. The van der Waals surface area contributed by atoms with Gasteiger partial charge in [0.1, 0.15) is 0 Å². The largest absolute Gasteiger partial charge is 0.478 e. The first-order chi connectivity index (χ1) is 12.3. The number of benzene rings is 2. The Morgan fingerprint density at radius 2 is 1.88 bits per heavy atom. The van der Waals surface area contributed by atoms with Gasteiger partial charge in [-0.25, -0.2) is 17.9 Å². The Hall–Kier alpha value is -2.42. The summed E-state index contributed by atoms with van der Waals surface area (Å²) in [6.45, 7) is 2.34. The van der Waals surface area contributed by atoms with Gasteiger partial charge in [0.15, 0.2) is 0 Å². The molecule has 7 nitrogen and oxygen atoms in total. The van der Waals surface area contributed by atoms with Crippen LogP contribution in [0.5, 0.6) is 0 Å². The Morgan fingerprint density at radius 1 is 1.19 bits per heavy atom. The summed E-state index contributed by atoms with van der Waals surface area (Å²) in [5.74, 6) is -1.21. The Morgan fingerprint density at radius 3 is 2.50 bits per heavy atom. The molecule has 26 heavy (non-hydrogen) atoms. The number of carboxylic acid groups (broad SMARTS) is 1. The second kappa shape index (κ2) is 8.79. The molecule has 1 atom stereocenters. The minimum Gasteiger partial charge on any atom is -0.478 e. The van der Waals surface area contributed by atoms with Crippen LogP contribution in [0.25, 0.3) is 0 Å². The number of methoxy groups -OCH3 is 1. The molecule has 0 aliphatic carbocycles. The second-order valence-electron chi connectivity index (χ2n) is 5.82. The fourth-order valence-corrected chi connectivity index (χ4v) is 3.45. The molecular weight excluding hydrogens is 356 g/mol. The van der Waals surface area contributed by atoms with Gasteiger partial charge < -0.3 is 15.2 Å². The van der Waals surface area contributed by atoms with Crippen molar-refractivity contribution < 1.29 is 23.1 Å². The van der Waals surface area contributed by atoms with Gasteiger partial charge in [0.2, 0.25) is 10.0 Å². The SMILES string of the molecule is COC[C@@H](C)Nc1ccc(S(=O)(=O)NCc2ccccc2)cc1C(=O)O. The molecule has 140 valence electrons. The fraction of sp³-hybridized carbons (Fsp3) is 0.278. The molecular formula is C18H22N2O5S. The van der Waals surface area contributed by atoms with Crippen molar-refractivity contribution in [2.24, 2.45) is 0 Å². The van der Waals surface area contributed by atoms with E-state index in [-0.39, 0.29) is 23.0 Å². The lowest BCUT2D eigenvalue weighted by Crippen LogP contribution is -2.25. The van der Waals surface area contributed by atoms with Crippen LogP contribution in [0.3, 0.4) is 0 Å². The summed E-state index contributed by atoms with van der Waals surface area (Å²) >= 11 is 0. The number of rotatable bonds is 9. The Bertz CT molecular complexity index is 853. The molecule has 3 N–H and O–H groups in total. The monoisotopic (exact) mass is 378 g/mol. The highest BCUT2D eigenvalue weighted by atomic mass is 32.2. The molecule has 0 bridgehead atoms. The van der Waals surface area contributed by atoms with Crippen molar-refractivity contribution >= 4 is 21.7 Å². The van der Waals surface area contributed by atoms with Gasteiger partial charge in [0.05, 0.1) is 17.1 Å². The molecule has 0 radical (unpaired) electrons. The number of carbonyl (C=O) groups is 1. The maximum absolute atomic E-state index is 12.5. The number of aromatic carboxylic acids is 1. The van der Waals surface area contributed by atoms with Crippen LogP contribution in [-0.4, -0.2) is 39.3 Å². The molecule has 0 saturated heterocycles. The Kier molecular flexibility index (Phi) is 6.73. The van der Waals surface area contributed by atoms with Crippen molar-refractivity contribution in [2.45, 2.75) is 24.4 Å². The van der Waals surface area contributed by atoms with E-state index >= 15 is 0 Å². The highest BCUT2D eigenvalue weighted by Gasteiger charge is 2.19. The lowest BCUT2D eigenvalue weighted by molar-refractivity contribution is 0.0697. The number of anilines is 1. The molecule has 0 aliphatic heterocycles. The Balaban J connectivity index is 2.23. The summed E-state index contributed by atoms with van der Waals surface area (Å²) in [4.78, 5) is 11.4. The lowest BCUT2D eigenvalue weighted by Gasteiger charge is -2.17. The predicted octanol–water partition coefficient (Wildman–Crippen LogP) is 2.31. The zero-order chi connectivity index (χ0) is 19.2. The molecule has 0 unspecified atom stereocenters. The van der Waals surface area contributed by atoms with E-state index in [9.17, 15) is 18.3 Å². The van der Waals surface area contributed by atoms with Gasteiger partial charge in [0.25, 0.3) is 0 Å². The summed E-state index contributed by atoms with van der Waals surface area (Å²) in [5, 5.41) is 12.4. The number of sulfonamides is 1. The quantitative estimate of drug-likeness (QED) is 0.618. The highest BCUT2D eigenvalue weighted by molar-refractivity contribution is 7.89. The average molecular weight is 378 g/mol. The van der Waals surface area contributed by atoms with Gasteiger partial charge in [0, 0.05) is 25.4 Å². The molecule has 0 aromatic heterocycles. The minimum atomic E-state index is -3.84. The van der Waals surface area contributed by atoms with Gasteiger partial charge in [-0.2, -0.15) is 0 Å². The van der Waals surface area contributed by atoms with E-state index in [0.717, 1.165) is 11.6 Å². The highest BCUT2D eigenvalue weighted by Crippen LogP contribution is 2.22. The van der Waals surface area contributed by atoms with Crippen LogP contribution in [0, 0.1) is 0 Å². The minimum absolute atomic E-state index is 0.101. The third kappa shape index (κ3) is 5.29. The molecule has 0 spiro atoms. The number of nitrogens with one attached hydrogen (secondary N) is 2. The van der Waals surface area contributed by atoms with Crippen molar-refractivity contribution in [1.29, 1.82) is 0 Å². The van der Waals surface area contributed by atoms with Gasteiger partial charge in [-0.1, -0.05) is 30.3 Å². The maximum atomic E-state index is 12.5. The molecule has 8 heteroatoms. The van der Waals surface area contributed by atoms with Crippen molar-refractivity contribution in [3.63, 3.8) is 0 Å². The zero-order valence-corrected chi connectivity index (χ0v) is 15.4. The van der Waals surface area contributed by atoms with Crippen LogP contribution in [0.4, 0.5) is 5.69 Å². The zero-order valence-electron chi connectivity index (χ0n) is 14.6. The van der Waals surface area contributed by atoms with Crippen LogP contribution in [0.2, 0.25) is 0 Å². The molecule has 0 amide bonds. The second-order valence-corrected chi connectivity index (χ2v) is 7.59. The molecule has 0 heterocycles. The molecule has 0 aliphatic rings. The number of hydrogen-bond donors (Lipinski definition) is 3. The van der Waals surface area contributed by atoms with Gasteiger partial charge in [-0.05, 0) is 30.7 Å². The van der Waals surface area contributed by atoms with E-state index < -0.39 is 16.0 Å². The number of carboxylic acids is 1. The molecule has 2 rings (SSSR count). The van der Waals surface area contributed by atoms with Crippen LogP contribution in [0.1, 0.15) is 22.8 Å². The van der Waals surface area contributed by atoms with Crippen LogP contribution < -0.4 is 10.0 Å². The van der Waals surface area contributed by atoms with E-state index in [2.05, 4.69) is 10.0 Å². The first kappa shape index (κ1) is 19.9. The van der Waals surface area contributed by atoms with E-state index in [1.807, 2.05) is 25.1 Å². The van der Waals surface area contributed by atoms with Crippen molar-refractivity contribution in [3.8, 4) is 0 Å². The Labute approximate surface area is 153 Å². The summed E-state index contributed by atoms with van der Waals surface area (Å²) in [6.07, 6.45) is 0. The third-order valence-corrected chi connectivity index (χ3v) is 5.06. The van der Waals surface area contributed by atoms with Gasteiger partial charge in [-0.15, -0.1) is 0 Å². The van der Waals surface area contributed by atoms with Crippen molar-refractivity contribution in [1.82, 2.24) is 4.72 Å². The van der Waals surface area contributed by atoms with Crippen LogP contribution >= 0.6 is 0 Å². The summed E-state index contributed by atoms with van der Waals surface area (Å²) in [5.41, 5.74) is 1.03. The predicted molar refractivity (Wildman–Crippen MR) is 98.8 cm³/mol. The van der Waals surface area contributed by atoms with Crippen molar-refractivity contribution in [3.05, 3.63) is 59.7 Å². The molecule has 0 fully saturated rings. The van der Waals surface area contributed by atoms with E-state index in [0.29, 0.717) is 12.3 Å². The van der Waals surface area contributed by atoms with Crippen LogP contribution in [-0.2, 0) is 21.3 Å². The van der Waals surface area contributed by atoms with Crippen molar-refractivity contribution in [2.75, 3.05) is 19.0 Å². The first-order valence-electron chi connectivity index (χ1n) is 8.00. The number of ether oxygens (including phenoxy) is 1.